The zero-order chi connectivity index (χ0) is 11.5. The normalized spacial score (nSPS) is 16.2. The summed E-state index contributed by atoms with van der Waals surface area (Å²) < 4.78 is 0. The Kier molecular flexibility index (Phi) is 3.22. The van der Waals surface area contributed by atoms with Crippen LogP contribution in [0.15, 0.2) is 18.3 Å². The van der Waals surface area contributed by atoms with Crippen LogP contribution < -0.4 is 4.90 Å². The minimum absolute atomic E-state index is 0.198. The van der Waals surface area contributed by atoms with Crippen LogP contribution in [0.3, 0.4) is 0 Å². The quantitative estimate of drug-likeness (QED) is 0.780. The monoisotopic (exact) mass is 218 g/mol. The zero-order valence-electron chi connectivity index (χ0n) is 9.94. The SMILES string of the molecule is CC(C)Cc1ccc(N2CCCC2=O)nc1. The molecule has 0 spiro atoms. The summed E-state index contributed by atoms with van der Waals surface area (Å²) in [5.74, 6) is 1.64. The number of nitrogens with zero attached hydrogens (tertiary/aromatic N) is 2. The van der Waals surface area contributed by atoms with Gasteiger partial charge in [0.15, 0.2) is 0 Å². The number of hydrogen-bond acceptors (Lipinski definition) is 2. The highest BCUT2D eigenvalue weighted by Crippen LogP contribution is 2.19. The average molecular weight is 218 g/mol. The summed E-state index contributed by atoms with van der Waals surface area (Å²) in [6, 6.07) is 4.04. The minimum Gasteiger partial charge on any atom is -0.297 e. The third kappa shape index (κ3) is 2.40. The van der Waals surface area contributed by atoms with E-state index in [-0.39, 0.29) is 5.91 Å². The van der Waals surface area contributed by atoms with E-state index >= 15 is 0 Å². The molecule has 1 aliphatic heterocycles. The molecule has 0 bridgehead atoms. The second-order valence-electron chi connectivity index (χ2n) is 4.77. The van der Waals surface area contributed by atoms with Crippen LogP contribution in [0, 0.1) is 5.92 Å². The molecule has 0 saturated carbocycles. The van der Waals surface area contributed by atoms with Crippen LogP contribution in [-0.2, 0) is 11.2 Å². The Morgan fingerprint density at radius 3 is 2.75 bits per heavy atom. The number of anilines is 1. The second-order valence-corrected chi connectivity index (χ2v) is 4.77. The number of carbonyl (C=O) groups excluding carboxylic acids is 1. The van der Waals surface area contributed by atoms with Crippen molar-refractivity contribution in [1.29, 1.82) is 0 Å². The predicted octanol–water partition coefficient (Wildman–Crippen LogP) is 2.41. The van der Waals surface area contributed by atoms with Gasteiger partial charge in [-0.3, -0.25) is 9.69 Å². The molecule has 0 N–H and O–H groups in total. The highest BCUT2D eigenvalue weighted by molar-refractivity contribution is 5.94. The van der Waals surface area contributed by atoms with Gasteiger partial charge in [-0.1, -0.05) is 19.9 Å². The van der Waals surface area contributed by atoms with E-state index in [0.717, 1.165) is 25.2 Å². The first-order valence-electron chi connectivity index (χ1n) is 5.92. The lowest BCUT2D eigenvalue weighted by atomic mass is 10.1. The number of carbonyl (C=O) groups is 1. The number of rotatable bonds is 3. The molecule has 86 valence electrons. The van der Waals surface area contributed by atoms with E-state index in [1.807, 2.05) is 12.3 Å². The van der Waals surface area contributed by atoms with Crippen LogP contribution in [-0.4, -0.2) is 17.4 Å². The van der Waals surface area contributed by atoms with E-state index in [1.165, 1.54) is 5.56 Å². The second kappa shape index (κ2) is 4.64. The van der Waals surface area contributed by atoms with Gasteiger partial charge in [0.2, 0.25) is 5.91 Å². The minimum atomic E-state index is 0.198. The van der Waals surface area contributed by atoms with Gasteiger partial charge in [0.1, 0.15) is 5.82 Å². The Hall–Kier alpha value is -1.38. The fraction of sp³-hybridized carbons (Fsp3) is 0.538. The maximum Gasteiger partial charge on any atom is 0.228 e. The first kappa shape index (κ1) is 11.1. The third-order valence-electron chi connectivity index (χ3n) is 2.80. The smallest absolute Gasteiger partial charge is 0.228 e. The molecule has 2 rings (SSSR count). The number of hydrogen-bond donors (Lipinski definition) is 0. The zero-order valence-corrected chi connectivity index (χ0v) is 9.94. The van der Waals surface area contributed by atoms with Crippen molar-refractivity contribution < 1.29 is 4.79 Å². The summed E-state index contributed by atoms with van der Waals surface area (Å²) in [4.78, 5) is 17.7. The number of amides is 1. The van der Waals surface area contributed by atoms with Crippen molar-refractivity contribution in [3.8, 4) is 0 Å². The van der Waals surface area contributed by atoms with Crippen molar-refractivity contribution in [1.82, 2.24) is 4.98 Å². The summed E-state index contributed by atoms with van der Waals surface area (Å²) in [6.07, 6.45) is 4.55. The highest BCUT2D eigenvalue weighted by atomic mass is 16.2. The molecule has 1 fully saturated rings. The van der Waals surface area contributed by atoms with Gasteiger partial charge in [-0.2, -0.15) is 0 Å². The largest absolute Gasteiger partial charge is 0.297 e. The van der Waals surface area contributed by atoms with Crippen molar-refractivity contribution in [3.63, 3.8) is 0 Å². The third-order valence-corrected chi connectivity index (χ3v) is 2.80. The first-order chi connectivity index (χ1) is 7.66. The van der Waals surface area contributed by atoms with Crippen molar-refractivity contribution in [3.05, 3.63) is 23.9 Å². The summed E-state index contributed by atoms with van der Waals surface area (Å²) in [7, 11) is 0. The lowest BCUT2D eigenvalue weighted by Gasteiger charge is -2.14. The fourth-order valence-electron chi connectivity index (χ4n) is 2.06. The Bertz CT molecular complexity index is 370. The lowest BCUT2D eigenvalue weighted by molar-refractivity contribution is -0.117. The van der Waals surface area contributed by atoms with Gasteiger partial charge >= 0.3 is 0 Å². The molecule has 16 heavy (non-hydrogen) atoms. The fourth-order valence-corrected chi connectivity index (χ4v) is 2.06. The molecule has 1 amide bonds. The maximum atomic E-state index is 11.5. The van der Waals surface area contributed by atoms with Crippen molar-refractivity contribution in [2.45, 2.75) is 33.1 Å². The van der Waals surface area contributed by atoms with Crippen LogP contribution in [0.1, 0.15) is 32.3 Å². The van der Waals surface area contributed by atoms with Crippen LogP contribution >= 0.6 is 0 Å². The maximum absolute atomic E-state index is 11.5. The Balaban J connectivity index is 2.09. The van der Waals surface area contributed by atoms with E-state index in [4.69, 9.17) is 0 Å². The Morgan fingerprint density at radius 2 is 2.25 bits per heavy atom. The molecular formula is C13H18N2O. The molecule has 2 heterocycles. The number of aromatic nitrogens is 1. The standard InChI is InChI=1S/C13H18N2O/c1-10(2)8-11-5-6-12(14-9-11)15-7-3-4-13(15)16/h5-6,9-10H,3-4,7-8H2,1-2H3. The van der Waals surface area contributed by atoms with E-state index < -0.39 is 0 Å². The van der Waals surface area contributed by atoms with Gasteiger partial charge in [0, 0.05) is 19.2 Å². The molecule has 3 nitrogen and oxygen atoms in total. The van der Waals surface area contributed by atoms with Gasteiger partial charge < -0.3 is 0 Å². The lowest BCUT2D eigenvalue weighted by Crippen LogP contribution is -2.24. The number of pyridine rings is 1. The Labute approximate surface area is 96.5 Å². The first-order valence-corrected chi connectivity index (χ1v) is 5.92. The van der Waals surface area contributed by atoms with E-state index in [1.54, 1.807) is 4.90 Å². The summed E-state index contributed by atoms with van der Waals surface area (Å²) in [5, 5.41) is 0. The van der Waals surface area contributed by atoms with Crippen molar-refractivity contribution in [2.75, 3.05) is 11.4 Å². The molecule has 1 aliphatic rings. The van der Waals surface area contributed by atoms with E-state index in [2.05, 4.69) is 24.9 Å². The molecule has 0 radical (unpaired) electrons. The van der Waals surface area contributed by atoms with Crippen LogP contribution in [0.5, 0.6) is 0 Å². The molecule has 1 saturated heterocycles. The van der Waals surface area contributed by atoms with Gasteiger partial charge in [-0.15, -0.1) is 0 Å². The molecular weight excluding hydrogens is 200 g/mol. The highest BCUT2D eigenvalue weighted by Gasteiger charge is 2.22. The van der Waals surface area contributed by atoms with Crippen LogP contribution in [0.2, 0.25) is 0 Å². The molecule has 0 aliphatic carbocycles. The van der Waals surface area contributed by atoms with Crippen molar-refractivity contribution >= 4 is 11.7 Å². The summed E-state index contributed by atoms with van der Waals surface area (Å²) >= 11 is 0. The molecule has 1 aromatic rings. The van der Waals surface area contributed by atoms with Gasteiger partial charge in [-0.25, -0.2) is 4.98 Å². The van der Waals surface area contributed by atoms with Gasteiger partial charge in [-0.05, 0) is 30.4 Å². The predicted molar refractivity (Wildman–Crippen MR) is 64.4 cm³/mol. The molecule has 0 atom stereocenters. The summed E-state index contributed by atoms with van der Waals surface area (Å²) in [5.41, 5.74) is 1.24. The topological polar surface area (TPSA) is 33.2 Å². The van der Waals surface area contributed by atoms with Crippen LogP contribution in [0.4, 0.5) is 5.82 Å². The van der Waals surface area contributed by atoms with Gasteiger partial charge in [0.25, 0.3) is 0 Å². The molecule has 0 unspecified atom stereocenters. The summed E-state index contributed by atoms with van der Waals surface area (Å²) in [6.45, 7) is 5.20. The molecule has 1 aromatic heterocycles. The van der Waals surface area contributed by atoms with Crippen LogP contribution in [0.25, 0.3) is 0 Å². The van der Waals surface area contributed by atoms with E-state index in [9.17, 15) is 4.79 Å². The van der Waals surface area contributed by atoms with E-state index in [0.29, 0.717) is 12.3 Å². The molecule has 0 aromatic carbocycles. The van der Waals surface area contributed by atoms with Gasteiger partial charge in [0.05, 0.1) is 0 Å². The molecule has 3 heteroatoms. The Morgan fingerprint density at radius 1 is 1.44 bits per heavy atom. The average Bonchev–Trinajstić information content (AvgIpc) is 2.65. The van der Waals surface area contributed by atoms with Crippen molar-refractivity contribution in [2.24, 2.45) is 5.92 Å².